The summed E-state index contributed by atoms with van der Waals surface area (Å²) in [7, 11) is 3.09. The predicted octanol–water partition coefficient (Wildman–Crippen LogP) is 3.62. The number of ether oxygens (including phenoxy) is 2. The molecule has 0 amide bonds. The first kappa shape index (κ1) is 14.8. The molecule has 0 saturated carbocycles. The molecule has 1 aromatic heterocycles. The molecule has 0 spiro atoms. The van der Waals surface area contributed by atoms with Crippen molar-refractivity contribution in [3.05, 3.63) is 54.2 Å². The van der Waals surface area contributed by atoms with Gasteiger partial charge in [0.2, 0.25) is 0 Å². The van der Waals surface area contributed by atoms with E-state index >= 15 is 0 Å². The van der Waals surface area contributed by atoms with E-state index in [0.29, 0.717) is 17.0 Å². The number of carboxylic acids is 1. The van der Waals surface area contributed by atoms with Crippen LogP contribution in [0.4, 0.5) is 0 Å². The standard InChI is InChI=1S/C18H15NO4/c1-22-16-9-13-12(11-6-4-3-5-7-11)8-15(18(20)21)19-14(13)10-17(16)23-2/h3-10H,1-2H3,(H,20,21). The molecule has 0 saturated heterocycles. The maximum Gasteiger partial charge on any atom is 0.354 e. The van der Waals surface area contributed by atoms with Crippen molar-refractivity contribution >= 4 is 16.9 Å². The van der Waals surface area contributed by atoms with Crippen LogP contribution in [0.2, 0.25) is 0 Å². The molecule has 2 aromatic carbocycles. The molecule has 1 N–H and O–H groups in total. The summed E-state index contributed by atoms with van der Waals surface area (Å²) in [6.07, 6.45) is 0. The van der Waals surface area contributed by atoms with Crippen molar-refractivity contribution in [2.75, 3.05) is 14.2 Å². The number of carboxylic acid groups (broad SMARTS) is 1. The van der Waals surface area contributed by atoms with Gasteiger partial charge in [0, 0.05) is 11.5 Å². The van der Waals surface area contributed by atoms with Crippen molar-refractivity contribution in [3.63, 3.8) is 0 Å². The number of hydrogen-bond acceptors (Lipinski definition) is 4. The summed E-state index contributed by atoms with van der Waals surface area (Å²) < 4.78 is 10.6. The first-order chi connectivity index (χ1) is 11.1. The maximum absolute atomic E-state index is 11.4. The van der Waals surface area contributed by atoms with Gasteiger partial charge in [-0.05, 0) is 23.3 Å². The van der Waals surface area contributed by atoms with Gasteiger partial charge in [0.25, 0.3) is 0 Å². The van der Waals surface area contributed by atoms with Gasteiger partial charge < -0.3 is 14.6 Å². The number of methoxy groups -OCH3 is 2. The van der Waals surface area contributed by atoms with Gasteiger partial charge in [-0.25, -0.2) is 9.78 Å². The third-order valence-corrected chi connectivity index (χ3v) is 3.62. The fourth-order valence-electron chi connectivity index (χ4n) is 2.52. The zero-order valence-corrected chi connectivity index (χ0v) is 12.7. The van der Waals surface area contributed by atoms with Gasteiger partial charge in [-0.1, -0.05) is 30.3 Å². The number of carbonyl (C=O) groups is 1. The molecule has 3 aromatic rings. The fourth-order valence-corrected chi connectivity index (χ4v) is 2.52. The monoisotopic (exact) mass is 309 g/mol. The van der Waals surface area contributed by atoms with Gasteiger partial charge in [0.1, 0.15) is 5.69 Å². The molecule has 0 radical (unpaired) electrons. The lowest BCUT2D eigenvalue weighted by Gasteiger charge is -2.12. The Kier molecular flexibility index (Phi) is 3.85. The van der Waals surface area contributed by atoms with Crippen LogP contribution in [0.15, 0.2) is 48.5 Å². The van der Waals surface area contributed by atoms with Gasteiger partial charge in [-0.3, -0.25) is 0 Å². The largest absolute Gasteiger partial charge is 0.493 e. The van der Waals surface area contributed by atoms with Gasteiger partial charge in [0.15, 0.2) is 11.5 Å². The summed E-state index contributed by atoms with van der Waals surface area (Å²) in [5, 5.41) is 10.1. The van der Waals surface area contributed by atoms with Crippen LogP contribution in [0.1, 0.15) is 10.5 Å². The second kappa shape index (κ2) is 5.96. The first-order valence-electron chi connectivity index (χ1n) is 6.99. The Bertz CT molecular complexity index is 875. The summed E-state index contributed by atoms with van der Waals surface area (Å²) in [6.45, 7) is 0. The van der Waals surface area contributed by atoms with Crippen LogP contribution in [0.25, 0.3) is 22.0 Å². The zero-order valence-electron chi connectivity index (χ0n) is 12.7. The zero-order chi connectivity index (χ0) is 16.4. The van der Waals surface area contributed by atoms with Crippen LogP contribution < -0.4 is 9.47 Å². The molecule has 5 nitrogen and oxygen atoms in total. The highest BCUT2D eigenvalue weighted by molar-refractivity contribution is 6.00. The molecule has 23 heavy (non-hydrogen) atoms. The van der Waals surface area contributed by atoms with Crippen molar-refractivity contribution in [1.82, 2.24) is 4.98 Å². The highest BCUT2D eigenvalue weighted by Gasteiger charge is 2.15. The Labute approximate surface area is 133 Å². The van der Waals surface area contributed by atoms with E-state index in [1.807, 2.05) is 36.4 Å². The molecule has 0 atom stereocenters. The van der Waals surface area contributed by atoms with Gasteiger partial charge in [0.05, 0.1) is 19.7 Å². The van der Waals surface area contributed by atoms with E-state index in [-0.39, 0.29) is 5.69 Å². The molecule has 5 heteroatoms. The van der Waals surface area contributed by atoms with Crippen LogP contribution in [0, 0.1) is 0 Å². The Hall–Kier alpha value is -3.08. The molecule has 0 aliphatic rings. The maximum atomic E-state index is 11.4. The summed E-state index contributed by atoms with van der Waals surface area (Å²) in [4.78, 5) is 15.6. The van der Waals surface area contributed by atoms with Crippen LogP contribution in [0.3, 0.4) is 0 Å². The van der Waals surface area contributed by atoms with Crippen molar-refractivity contribution in [3.8, 4) is 22.6 Å². The van der Waals surface area contributed by atoms with E-state index in [2.05, 4.69) is 4.98 Å². The number of fused-ring (bicyclic) bond motifs is 1. The smallest absolute Gasteiger partial charge is 0.354 e. The SMILES string of the molecule is COc1cc2nc(C(=O)O)cc(-c3ccccc3)c2cc1OC. The Morgan fingerprint density at radius 2 is 1.65 bits per heavy atom. The van der Waals surface area contributed by atoms with E-state index in [1.165, 1.54) is 7.11 Å². The third kappa shape index (κ3) is 2.68. The Balaban J connectivity index is 2.38. The van der Waals surface area contributed by atoms with Crippen LogP contribution in [-0.2, 0) is 0 Å². The number of aromatic nitrogens is 1. The topological polar surface area (TPSA) is 68.7 Å². The van der Waals surface area contributed by atoms with E-state index in [1.54, 1.807) is 19.2 Å². The van der Waals surface area contributed by atoms with Gasteiger partial charge in [-0.15, -0.1) is 0 Å². The van der Waals surface area contributed by atoms with Crippen molar-refractivity contribution in [1.29, 1.82) is 0 Å². The molecule has 0 aliphatic heterocycles. The molecule has 0 unspecified atom stereocenters. The molecule has 116 valence electrons. The lowest BCUT2D eigenvalue weighted by molar-refractivity contribution is 0.0691. The van der Waals surface area contributed by atoms with Crippen LogP contribution in [0.5, 0.6) is 11.5 Å². The average Bonchev–Trinajstić information content (AvgIpc) is 2.60. The minimum Gasteiger partial charge on any atom is -0.493 e. The molecule has 0 bridgehead atoms. The average molecular weight is 309 g/mol. The summed E-state index contributed by atoms with van der Waals surface area (Å²) in [6, 6.07) is 14.7. The molecule has 0 fully saturated rings. The second-order valence-corrected chi connectivity index (χ2v) is 4.95. The van der Waals surface area contributed by atoms with E-state index < -0.39 is 5.97 Å². The highest BCUT2D eigenvalue weighted by Crippen LogP contribution is 2.36. The van der Waals surface area contributed by atoms with Crippen molar-refractivity contribution < 1.29 is 19.4 Å². The number of hydrogen-bond donors (Lipinski definition) is 1. The van der Waals surface area contributed by atoms with Crippen molar-refractivity contribution in [2.24, 2.45) is 0 Å². The number of rotatable bonds is 4. The second-order valence-electron chi connectivity index (χ2n) is 4.95. The lowest BCUT2D eigenvalue weighted by Crippen LogP contribution is -2.02. The Morgan fingerprint density at radius 1 is 1.00 bits per heavy atom. The number of aromatic carboxylic acids is 1. The Morgan fingerprint density at radius 3 is 2.26 bits per heavy atom. The summed E-state index contributed by atoms with van der Waals surface area (Å²) in [5.41, 5.74) is 2.23. The normalized spacial score (nSPS) is 10.5. The number of nitrogens with zero attached hydrogens (tertiary/aromatic N) is 1. The molecule has 3 rings (SSSR count). The van der Waals surface area contributed by atoms with Crippen LogP contribution >= 0.6 is 0 Å². The predicted molar refractivity (Wildman–Crippen MR) is 87.2 cm³/mol. The highest BCUT2D eigenvalue weighted by atomic mass is 16.5. The van der Waals surface area contributed by atoms with E-state index in [9.17, 15) is 9.90 Å². The minimum absolute atomic E-state index is 0.0106. The van der Waals surface area contributed by atoms with Crippen molar-refractivity contribution in [2.45, 2.75) is 0 Å². The molecular formula is C18H15NO4. The molecular weight excluding hydrogens is 294 g/mol. The lowest BCUT2D eigenvalue weighted by atomic mass is 9.99. The summed E-state index contributed by atoms with van der Waals surface area (Å²) in [5.74, 6) is 0.00923. The molecule has 0 aliphatic carbocycles. The van der Waals surface area contributed by atoms with E-state index in [0.717, 1.165) is 16.5 Å². The first-order valence-corrected chi connectivity index (χ1v) is 6.99. The third-order valence-electron chi connectivity index (χ3n) is 3.62. The van der Waals surface area contributed by atoms with Gasteiger partial charge >= 0.3 is 5.97 Å². The van der Waals surface area contributed by atoms with E-state index in [4.69, 9.17) is 9.47 Å². The fraction of sp³-hybridized carbons (Fsp3) is 0.111. The van der Waals surface area contributed by atoms with Crippen LogP contribution in [-0.4, -0.2) is 30.3 Å². The van der Waals surface area contributed by atoms with Gasteiger partial charge in [-0.2, -0.15) is 0 Å². The summed E-state index contributed by atoms with van der Waals surface area (Å²) >= 11 is 0. The minimum atomic E-state index is -1.07. The quantitative estimate of drug-likeness (QED) is 0.797. The number of pyridine rings is 1. The number of benzene rings is 2. The molecule has 1 heterocycles.